The highest BCUT2D eigenvalue weighted by Crippen LogP contribution is 2.20. The molecule has 0 amide bonds. The molecule has 2 aromatic carbocycles. The van der Waals surface area contributed by atoms with Crippen molar-refractivity contribution in [2.45, 2.75) is 6.42 Å². The SMILES string of the molecule is O=c1[nH]c2ccccc2n2c(=O)c(Cc3ccccc3)c(O)cc12. The normalized spacial score (nSPS) is 11.2. The van der Waals surface area contributed by atoms with Gasteiger partial charge in [-0.25, -0.2) is 0 Å². The van der Waals surface area contributed by atoms with E-state index in [2.05, 4.69) is 4.98 Å². The van der Waals surface area contributed by atoms with Gasteiger partial charge in [-0.1, -0.05) is 42.5 Å². The fourth-order valence-corrected chi connectivity index (χ4v) is 2.97. The van der Waals surface area contributed by atoms with E-state index in [1.807, 2.05) is 30.3 Å². The molecular formula is C19H14N2O3. The monoisotopic (exact) mass is 318 g/mol. The van der Waals surface area contributed by atoms with Gasteiger partial charge in [0.1, 0.15) is 11.3 Å². The van der Waals surface area contributed by atoms with Crippen molar-refractivity contribution in [3.63, 3.8) is 0 Å². The van der Waals surface area contributed by atoms with Crippen LogP contribution in [0.4, 0.5) is 0 Å². The third kappa shape index (κ3) is 2.18. The first-order valence-electron chi connectivity index (χ1n) is 7.58. The van der Waals surface area contributed by atoms with Crippen LogP contribution in [-0.2, 0) is 6.42 Å². The average molecular weight is 318 g/mol. The van der Waals surface area contributed by atoms with E-state index in [9.17, 15) is 14.7 Å². The van der Waals surface area contributed by atoms with E-state index in [4.69, 9.17) is 0 Å². The van der Waals surface area contributed by atoms with E-state index < -0.39 is 5.56 Å². The fraction of sp³-hybridized carbons (Fsp3) is 0.0526. The predicted octanol–water partition coefficient (Wildman–Crippen LogP) is 2.44. The number of aromatic nitrogens is 2. The fourth-order valence-electron chi connectivity index (χ4n) is 2.97. The molecule has 24 heavy (non-hydrogen) atoms. The molecule has 5 nitrogen and oxygen atoms in total. The Labute approximate surface area is 136 Å². The van der Waals surface area contributed by atoms with Gasteiger partial charge in [0.25, 0.3) is 11.1 Å². The minimum Gasteiger partial charge on any atom is -0.507 e. The van der Waals surface area contributed by atoms with Crippen LogP contribution < -0.4 is 11.1 Å². The number of para-hydroxylation sites is 2. The van der Waals surface area contributed by atoms with Gasteiger partial charge >= 0.3 is 0 Å². The molecule has 0 aliphatic rings. The summed E-state index contributed by atoms with van der Waals surface area (Å²) in [6.45, 7) is 0. The zero-order valence-corrected chi connectivity index (χ0v) is 12.7. The molecule has 0 spiro atoms. The Kier molecular flexibility index (Phi) is 3.20. The van der Waals surface area contributed by atoms with Crippen molar-refractivity contribution in [2.24, 2.45) is 0 Å². The smallest absolute Gasteiger partial charge is 0.272 e. The number of nitrogens with one attached hydrogen (secondary N) is 1. The highest BCUT2D eigenvalue weighted by molar-refractivity contribution is 5.78. The Morgan fingerprint density at radius 3 is 2.42 bits per heavy atom. The molecule has 0 saturated carbocycles. The largest absolute Gasteiger partial charge is 0.507 e. The first-order valence-corrected chi connectivity index (χ1v) is 7.58. The van der Waals surface area contributed by atoms with Gasteiger partial charge in [-0.2, -0.15) is 0 Å². The zero-order chi connectivity index (χ0) is 16.7. The number of nitrogens with zero attached hydrogens (tertiary/aromatic N) is 1. The molecule has 4 rings (SSSR count). The van der Waals surface area contributed by atoms with Gasteiger partial charge in [-0.05, 0) is 17.7 Å². The van der Waals surface area contributed by atoms with Crippen LogP contribution in [0.5, 0.6) is 5.75 Å². The van der Waals surface area contributed by atoms with Gasteiger partial charge in [-0.3, -0.25) is 14.0 Å². The maximum absolute atomic E-state index is 13.0. The maximum Gasteiger partial charge on any atom is 0.272 e. The number of fused-ring (bicyclic) bond motifs is 3. The van der Waals surface area contributed by atoms with Crippen molar-refractivity contribution in [2.75, 3.05) is 0 Å². The Bertz CT molecular complexity index is 1170. The summed E-state index contributed by atoms with van der Waals surface area (Å²) in [5, 5.41) is 10.3. The molecule has 5 heteroatoms. The van der Waals surface area contributed by atoms with E-state index >= 15 is 0 Å². The van der Waals surface area contributed by atoms with Gasteiger partial charge in [0, 0.05) is 12.5 Å². The molecule has 0 aliphatic carbocycles. The predicted molar refractivity (Wildman–Crippen MR) is 92.7 cm³/mol. The zero-order valence-electron chi connectivity index (χ0n) is 12.7. The van der Waals surface area contributed by atoms with Crippen LogP contribution in [0.3, 0.4) is 0 Å². The lowest BCUT2D eigenvalue weighted by atomic mass is 10.1. The van der Waals surface area contributed by atoms with Crippen molar-refractivity contribution < 1.29 is 5.11 Å². The number of rotatable bonds is 2. The van der Waals surface area contributed by atoms with Crippen molar-refractivity contribution in [3.8, 4) is 5.75 Å². The second-order valence-corrected chi connectivity index (χ2v) is 5.67. The molecule has 0 saturated heterocycles. The second kappa shape index (κ2) is 5.38. The van der Waals surface area contributed by atoms with Crippen molar-refractivity contribution in [1.82, 2.24) is 9.38 Å². The Hall–Kier alpha value is -3.34. The van der Waals surface area contributed by atoms with E-state index in [-0.39, 0.29) is 22.4 Å². The van der Waals surface area contributed by atoms with Gasteiger partial charge in [-0.15, -0.1) is 0 Å². The number of benzene rings is 2. The molecule has 2 N–H and O–H groups in total. The number of hydrogen-bond acceptors (Lipinski definition) is 3. The molecule has 2 aromatic heterocycles. The summed E-state index contributed by atoms with van der Waals surface area (Å²) in [4.78, 5) is 27.9. The summed E-state index contributed by atoms with van der Waals surface area (Å²) in [5.74, 6) is -0.162. The average Bonchev–Trinajstić information content (AvgIpc) is 2.59. The molecule has 0 unspecified atom stereocenters. The summed E-state index contributed by atoms with van der Waals surface area (Å²) in [6, 6.07) is 17.9. The highest BCUT2D eigenvalue weighted by atomic mass is 16.3. The van der Waals surface area contributed by atoms with E-state index in [0.717, 1.165) is 5.56 Å². The van der Waals surface area contributed by atoms with E-state index in [0.29, 0.717) is 17.5 Å². The number of H-pyrrole nitrogens is 1. The van der Waals surface area contributed by atoms with Gasteiger partial charge in [0.2, 0.25) is 0 Å². The number of aromatic hydroxyl groups is 1. The van der Waals surface area contributed by atoms with Crippen LogP contribution in [0, 0.1) is 0 Å². The summed E-state index contributed by atoms with van der Waals surface area (Å²) < 4.78 is 1.37. The minimum absolute atomic E-state index is 0.132. The summed E-state index contributed by atoms with van der Waals surface area (Å²) in [5.41, 5.74) is 1.71. The first-order chi connectivity index (χ1) is 11.6. The highest BCUT2D eigenvalue weighted by Gasteiger charge is 2.15. The van der Waals surface area contributed by atoms with E-state index in [1.165, 1.54) is 10.5 Å². The molecule has 0 fully saturated rings. The van der Waals surface area contributed by atoms with Crippen LogP contribution >= 0.6 is 0 Å². The lowest BCUT2D eigenvalue weighted by molar-refractivity contribution is 0.468. The Morgan fingerprint density at radius 2 is 1.62 bits per heavy atom. The summed E-state index contributed by atoms with van der Waals surface area (Å²) in [6.07, 6.45) is 0.301. The van der Waals surface area contributed by atoms with Crippen molar-refractivity contribution >= 4 is 16.6 Å². The van der Waals surface area contributed by atoms with Gasteiger partial charge < -0.3 is 10.1 Å². The number of aromatic amines is 1. The first kappa shape index (κ1) is 14.3. The molecule has 0 atom stereocenters. The third-order valence-electron chi connectivity index (χ3n) is 4.13. The quantitative estimate of drug-likeness (QED) is 0.557. The van der Waals surface area contributed by atoms with Gasteiger partial charge in [0.15, 0.2) is 0 Å². The van der Waals surface area contributed by atoms with Crippen LogP contribution in [0.15, 0.2) is 70.3 Å². The lowest BCUT2D eigenvalue weighted by Gasteiger charge is -2.10. The topological polar surface area (TPSA) is 74.6 Å². The number of pyridine rings is 1. The van der Waals surface area contributed by atoms with Crippen LogP contribution in [0.1, 0.15) is 11.1 Å². The third-order valence-corrected chi connectivity index (χ3v) is 4.13. The van der Waals surface area contributed by atoms with Crippen LogP contribution in [0.25, 0.3) is 16.6 Å². The number of hydrogen-bond donors (Lipinski definition) is 2. The van der Waals surface area contributed by atoms with Crippen molar-refractivity contribution in [1.29, 1.82) is 0 Å². The van der Waals surface area contributed by atoms with Crippen LogP contribution in [0.2, 0.25) is 0 Å². The molecule has 0 radical (unpaired) electrons. The van der Waals surface area contributed by atoms with Gasteiger partial charge in [0.05, 0.1) is 16.6 Å². The molecule has 118 valence electrons. The lowest BCUT2D eigenvalue weighted by Crippen LogP contribution is -2.24. The maximum atomic E-state index is 13.0. The Balaban J connectivity index is 2.08. The summed E-state index contributed by atoms with van der Waals surface area (Å²) in [7, 11) is 0. The Morgan fingerprint density at radius 1 is 0.917 bits per heavy atom. The molecule has 0 bridgehead atoms. The summed E-state index contributed by atoms with van der Waals surface area (Å²) >= 11 is 0. The standard InChI is InChI=1S/C19H14N2O3/c22-17-11-16-18(23)20-14-8-4-5-9-15(14)21(16)19(24)13(17)10-12-6-2-1-3-7-12/h1-9,11,22H,10H2,(H,20,23). The van der Waals surface area contributed by atoms with E-state index in [1.54, 1.807) is 24.3 Å². The second-order valence-electron chi connectivity index (χ2n) is 5.67. The molecule has 0 aliphatic heterocycles. The van der Waals surface area contributed by atoms with Crippen LogP contribution in [-0.4, -0.2) is 14.5 Å². The molecular weight excluding hydrogens is 304 g/mol. The molecule has 4 aromatic rings. The minimum atomic E-state index is -0.410. The van der Waals surface area contributed by atoms with Crippen molar-refractivity contribution in [3.05, 3.63) is 92.5 Å². The molecule has 2 heterocycles.